The first-order valence-corrected chi connectivity index (χ1v) is 12.9. The molecule has 6 rings (SSSR count). The van der Waals surface area contributed by atoms with Crippen molar-refractivity contribution in [3.8, 4) is 28.4 Å². The van der Waals surface area contributed by atoms with E-state index >= 15 is 0 Å². The van der Waals surface area contributed by atoms with Gasteiger partial charge in [0.05, 0.1) is 5.69 Å². The molecule has 3 heterocycles. The molecular weight excluding hydrogens is 438 g/mol. The van der Waals surface area contributed by atoms with Crippen LogP contribution in [0.1, 0.15) is 43.0 Å². The van der Waals surface area contributed by atoms with E-state index in [2.05, 4.69) is 64.2 Å². The Bertz CT molecular complexity index is 1250. The number of nitrogens with zero attached hydrogens (tertiary/aromatic N) is 2. The number of hydrogen-bond donors (Lipinski definition) is 1. The molecule has 35 heavy (non-hydrogen) atoms. The highest BCUT2D eigenvalue weighted by Gasteiger charge is 2.26. The van der Waals surface area contributed by atoms with Crippen LogP contribution in [0.5, 0.6) is 11.5 Å². The van der Waals surface area contributed by atoms with Crippen molar-refractivity contribution in [3.63, 3.8) is 0 Å². The number of amides is 1. The summed E-state index contributed by atoms with van der Waals surface area (Å²) >= 11 is 0. The number of hydrogen-bond acceptors (Lipinski definition) is 4. The van der Waals surface area contributed by atoms with Gasteiger partial charge in [-0.3, -0.25) is 9.69 Å². The molecule has 6 nitrogen and oxygen atoms in total. The summed E-state index contributed by atoms with van der Waals surface area (Å²) in [4.78, 5) is 15.3. The highest BCUT2D eigenvalue weighted by molar-refractivity contribution is 5.77. The van der Waals surface area contributed by atoms with Crippen molar-refractivity contribution < 1.29 is 14.3 Å². The molecule has 1 saturated heterocycles. The first-order valence-electron chi connectivity index (χ1n) is 12.9. The summed E-state index contributed by atoms with van der Waals surface area (Å²) in [7, 11) is 0. The Morgan fingerprint density at radius 3 is 2.83 bits per heavy atom. The van der Waals surface area contributed by atoms with E-state index < -0.39 is 0 Å². The minimum Gasteiger partial charge on any atom is -0.454 e. The van der Waals surface area contributed by atoms with Gasteiger partial charge in [-0.05, 0) is 74.5 Å². The number of fused-ring (bicyclic) bond motifs is 4. The van der Waals surface area contributed by atoms with Gasteiger partial charge in [0.25, 0.3) is 0 Å². The van der Waals surface area contributed by atoms with Gasteiger partial charge in [-0.2, -0.15) is 0 Å². The molecule has 2 aromatic carbocycles. The molecule has 1 unspecified atom stereocenters. The van der Waals surface area contributed by atoms with Crippen LogP contribution in [0.15, 0.2) is 48.5 Å². The Morgan fingerprint density at radius 1 is 1.06 bits per heavy atom. The van der Waals surface area contributed by atoms with Gasteiger partial charge in [0.2, 0.25) is 12.7 Å². The van der Waals surface area contributed by atoms with Gasteiger partial charge in [-0.25, -0.2) is 0 Å². The van der Waals surface area contributed by atoms with Crippen LogP contribution < -0.4 is 14.8 Å². The number of aryl methyl sites for hydroxylation is 3. The van der Waals surface area contributed by atoms with Gasteiger partial charge in [-0.1, -0.05) is 31.2 Å². The largest absolute Gasteiger partial charge is 0.454 e. The number of ether oxygens (including phenoxy) is 2. The number of carbonyl (C=O) groups is 1. The second-order valence-electron chi connectivity index (χ2n) is 9.77. The molecule has 1 fully saturated rings. The van der Waals surface area contributed by atoms with Crippen LogP contribution in [0.3, 0.4) is 0 Å². The predicted molar refractivity (Wildman–Crippen MR) is 136 cm³/mol. The molecule has 0 radical (unpaired) electrons. The van der Waals surface area contributed by atoms with Gasteiger partial charge >= 0.3 is 0 Å². The van der Waals surface area contributed by atoms with Crippen LogP contribution in [-0.2, 0) is 24.1 Å². The minimum atomic E-state index is 0.129. The van der Waals surface area contributed by atoms with Gasteiger partial charge in [-0.15, -0.1) is 0 Å². The van der Waals surface area contributed by atoms with Gasteiger partial charge in [0.15, 0.2) is 11.5 Å². The molecule has 1 amide bonds. The maximum absolute atomic E-state index is 12.8. The molecule has 0 saturated carbocycles. The van der Waals surface area contributed by atoms with E-state index in [4.69, 9.17) is 9.47 Å². The lowest BCUT2D eigenvalue weighted by Crippen LogP contribution is -2.40. The lowest BCUT2D eigenvalue weighted by molar-refractivity contribution is -0.121. The fraction of sp³-hybridized carbons (Fsp3) is 0.414. The number of rotatable bonds is 7. The Balaban J connectivity index is 1.27. The van der Waals surface area contributed by atoms with Crippen LogP contribution in [0.2, 0.25) is 0 Å². The fourth-order valence-electron chi connectivity index (χ4n) is 5.95. The van der Waals surface area contributed by atoms with Gasteiger partial charge in [0, 0.05) is 42.0 Å². The van der Waals surface area contributed by atoms with Crippen molar-refractivity contribution in [2.45, 2.75) is 51.5 Å². The normalized spacial score (nSPS) is 18.4. The van der Waals surface area contributed by atoms with Crippen molar-refractivity contribution >= 4 is 5.91 Å². The Kier molecular flexibility index (Phi) is 5.98. The number of benzene rings is 2. The van der Waals surface area contributed by atoms with Crippen LogP contribution >= 0.6 is 0 Å². The maximum Gasteiger partial charge on any atom is 0.231 e. The third-order valence-corrected chi connectivity index (χ3v) is 7.75. The van der Waals surface area contributed by atoms with E-state index in [0.717, 1.165) is 55.4 Å². The van der Waals surface area contributed by atoms with Gasteiger partial charge in [0.1, 0.15) is 0 Å². The van der Waals surface area contributed by atoms with Crippen LogP contribution in [0.4, 0.5) is 0 Å². The van der Waals surface area contributed by atoms with E-state index in [1.165, 1.54) is 35.2 Å². The zero-order valence-corrected chi connectivity index (χ0v) is 20.4. The fourth-order valence-corrected chi connectivity index (χ4v) is 5.95. The van der Waals surface area contributed by atoms with Crippen molar-refractivity contribution in [3.05, 3.63) is 65.4 Å². The molecular formula is C29H33N3O3. The topological polar surface area (TPSA) is 55.7 Å². The first-order chi connectivity index (χ1) is 17.2. The monoisotopic (exact) mass is 471 g/mol. The zero-order chi connectivity index (χ0) is 23.8. The number of carbonyl (C=O) groups excluding carboxylic acids is 1. The Hall–Kier alpha value is -3.25. The SMILES string of the molecule is CCN1CCCC1CNC(=O)CCc1cc2c(n1-c1ccc3c(c1)OCO3)-c1ccccc1CC2. The smallest absolute Gasteiger partial charge is 0.231 e. The summed E-state index contributed by atoms with van der Waals surface area (Å²) in [5.41, 5.74) is 7.46. The van der Waals surface area contributed by atoms with Crippen molar-refractivity contribution in [2.75, 3.05) is 26.4 Å². The molecule has 1 atom stereocenters. The highest BCUT2D eigenvalue weighted by atomic mass is 16.7. The van der Waals surface area contributed by atoms with E-state index in [9.17, 15) is 4.79 Å². The minimum absolute atomic E-state index is 0.129. The Labute approximate surface area is 206 Å². The zero-order valence-electron chi connectivity index (χ0n) is 20.4. The average molecular weight is 472 g/mol. The van der Waals surface area contributed by atoms with Crippen LogP contribution in [0.25, 0.3) is 16.9 Å². The quantitative estimate of drug-likeness (QED) is 0.551. The van der Waals surface area contributed by atoms with Crippen LogP contribution in [0, 0.1) is 0 Å². The molecule has 2 aliphatic heterocycles. The van der Waals surface area contributed by atoms with E-state index in [1.807, 2.05) is 6.07 Å². The molecule has 182 valence electrons. The van der Waals surface area contributed by atoms with E-state index in [0.29, 0.717) is 18.9 Å². The standard InChI is InChI=1S/C29H33N3O3/c1-2-31-15-5-7-24(31)18-30-28(33)14-12-22-16-21-10-9-20-6-3-4-8-25(20)29(21)32(22)23-11-13-26-27(17-23)35-19-34-26/h3-4,6,8,11,13,16-17,24H,2,5,7,9-10,12,14-15,18-19H2,1H3,(H,30,33). The van der Waals surface area contributed by atoms with Crippen molar-refractivity contribution in [1.82, 2.24) is 14.8 Å². The molecule has 0 spiro atoms. The molecule has 3 aromatic rings. The third-order valence-electron chi connectivity index (χ3n) is 7.75. The van der Waals surface area contributed by atoms with E-state index in [-0.39, 0.29) is 12.7 Å². The summed E-state index contributed by atoms with van der Waals surface area (Å²) in [6, 6.07) is 17.6. The summed E-state index contributed by atoms with van der Waals surface area (Å²) < 4.78 is 13.6. The van der Waals surface area contributed by atoms with Crippen molar-refractivity contribution in [1.29, 1.82) is 0 Å². The summed E-state index contributed by atoms with van der Waals surface area (Å²) in [5, 5.41) is 3.20. The molecule has 1 N–H and O–H groups in total. The highest BCUT2D eigenvalue weighted by Crippen LogP contribution is 2.40. The lowest BCUT2D eigenvalue weighted by Gasteiger charge is -2.23. The second kappa shape index (κ2) is 9.42. The van der Waals surface area contributed by atoms with Crippen molar-refractivity contribution in [2.24, 2.45) is 0 Å². The van der Waals surface area contributed by atoms with E-state index in [1.54, 1.807) is 0 Å². The third kappa shape index (κ3) is 4.20. The molecule has 3 aliphatic rings. The second-order valence-corrected chi connectivity index (χ2v) is 9.77. The number of aromatic nitrogens is 1. The predicted octanol–water partition coefficient (Wildman–Crippen LogP) is 4.50. The molecule has 1 aromatic heterocycles. The maximum atomic E-state index is 12.8. The lowest BCUT2D eigenvalue weighted by atomic mass is 9.90. The first kappa shape index (κ1) is 22.2. The average Bonchev–Trinajstić information content (AvgIpc) is 3.63. The Morgan fingerprint density at radius 2 is 1.91 bits per heavy atom. The molecule has 6 heteroatoms. The number of likely N-dealkylation sites (N-methyl/N-ethyl adjacent to an activating group) is 1. The molecule has 0 bridgehead atoms. The van der Waals surface area contributed by atoms with Crippen LogP contribution in [-0.4, -0.2) is 47.8 Å². The number of likely N-dealkylation sites (tertiary alicyclic amines) is 1. The number of nitrogens with one attached hydrogen (secondary N) is 1. The molecule has 1 aliphatic carbocycles. The summed E-state index contributed by atoms with van der Waals surface area (Å²) in [5.74, 6) is 1.68. The summed E-state index contributed by atoms with van der Waals surface area (Å²) in [6.45, 7) is 5.41. The van der Waals surface area contributed by atoms with Gasteiger partial charge < -0.3 is 19.4 Å². The summed E-state index contributed by atoms with van der Waals surface area (Å²) in [6.07, 6.45) is 5.63.